The van der Waals surface area contributed by atoms with Crippen molar-refractivity contribution < 1.29 is 22.9 Å². The van der Waals surface area contributed by atoms with E-state index in [2.05, 4.69) is 72.8 Å². The van der Waals surface area contributed by atoms with Gasteiger partial charge in [0.25, 0.3) is 0 Å². The van der Waals surface area contributed by atoms with Crippen LogP contribution in [0.2, 0.25) is 0 Å². The average molecular weight is 409 g/mol. The maximum atomic E-state index is 2.45. The van der Waals surface area contributed by atoms with Crippen LogP contribution in [0.25, 0.3) is 12.2 Å². The fraction of sp³-hybridized carbons (Fsp3) is 0.111. The van der Waals surface area contributed by atoms with E-state index in [4.69, 9.17) is 0 Å². The molecular formula is C18H14Hf. The summed E-state index contributed by atoms with van der Waals surface area (Å²) in [4.78, 5) is 0. The van der Waals surface area contributed by atoms with Gasteiger partial charge in [0, 0.05) is 0 Å². The zero-order chi connectivity index (χ0) is 12.7. The molecule has 2 aliphatic rings. The maximum absolute atomic E-state index is 2.45. The van der Waals surface area contributed by atoms with Crippen LogP contribution in [0.3, 0.4) is 0 Å². The van der Waals surface area contributed by atoms with Crippen molar-refractivity contribution in [3.05, 3.63) is 82.9 Å². The van der Waals surface area contributed by atoms with Crippen LogP contribution in [0.15, 0.2) is 60.7 Å². The number of allylic oxidation sites excluding steroid dienone is 2. The monoisotopic (exact) mass is 410 g/mol. The van der Waals surface area contributed by atoms with E-state index in [-0.39, 0.29) is 0 Å². The van der Waals surface area contributed by atoms with E-state index in [1.807, 2.05) is 0 Å². The Hall–Kier alpha value is -1.21. The zero-order valence-corrected chi connectivity index (χ0v) is 14.2. The predicted molar refractivity (Wildman–Crippen MR) is 76.4 cm³/mol. The molecule has 90 valence electrons. The molecule has 2 aliphatic carbocycles. The van der Waals surface area contributed by atoms with Crippen LogP contribution in [0.4, 0.5) is 0 Å². The van der Waals surface area contributed by atoms with Crippen molar-refractivity contribution in [2.45, 2.75) is 7.35 Å². The molecular weight excluding hydrogens is 395 g/mol. The quantitative estimate of drug-likeness (QED) is 0.637. The van der Waals surface area contributed by atoms with Crippen LogP contribution < -0.4 is 0 Å². The van der Waals surface area contributed by atoms with Crippen molar-refractivity contribution in [3.8, 4) is 0 Å². The van der Waals surface area contributed by atoms with Crippen molar-refractivity contribution in [1.29, 1.82) is 0 Å². The molecule has 0 N–H and O–H groups in total. The number of fused-ring (bicyclic) bond motifs is 2. The molecule has 2 atom stereocenters. The third-order valence-electron chi connectivity index (χ3n) is 3.96. The first-order chi connectivity index (χ1) is 9.42. The Labute approximate surface area is 125 Å². The summed E-state index contributed by atoms with van der Waals surface area (Å²) >= 11 is -0.790. The van der Waals surface area contributed by atoms with Gasteiger partial charge in [-0.3, -0.25) is 0 Å². The van der Waals surface area contributed by atoms with Gasteiger partial charge in [0.15, 0.2) is 0 Å². The van der Waals surface area contributed by atoms with Gasteiger partial charge in [0.05, 0.1) is 0 Å². The molecule has 1 heteroatoms. The second kappa shape index (κ2) is 4.72. The molecule has 0 radical (unpaired) electrons. The van der Waals surface area contributed by atoms with E-state index in [0.717, 1.165) is 7.35 Å². The Morgan fingerprint density at radius 3 is 1.63 bits per heavy atom. The van der Waals surface area contributed by atoms with Gasteiger partial charge in [-0.25, -0.2) is 0 Å². The van der Waals surface area contributed by atoms with Crippen molar-refractivity contribution in [1.82, 2.24) is 0 Å². The van der Waals surface area contributed by atoms with E-state index >= 15 is 0 Å². The Morgan fingerprint density at radius 2 is 1.11 bits per heavy atom. The van der Waals surface area contributed by atoms with Crippen LogP contribution in [-0.4, -0.2) is 0 Å². The summed E-state index contributed by atoms with van der Waals surface area (Å²) in [6.45, 7) is 0. The molecule has 0 aliphatic heterocycles. The van der Waals surface area contributed by atoms with Crippen LogP contribution in [0, 0.1) is 0 Å². The minimum atomic E-state index is -0.790. The first kappa shape index (κ1) is 11.6. The van der Waals surface area contributed by atoms with E-state index < -0.39 is 22.9 Å². The Morgan fingerprint density at radius 1 is 0.632 bits per heavy atom. The van der Waals surface area contributed by atoms with Crippen molar-refractivity contribution in [2.75, 3.05) is 0 Å². The molecule has 2 aromatic carbocycles. The fourth-order valence-corrected chi connectivity index (χ4v) is 9.04. The fourth-order valence-electron chi connectivity index (χ4n) is 2.98. The number of hydrogen-bond acceptors (Lipinski definition) is 0. The summed E-state index contributed by atoms with van der Waals surface area (Å²) in [5.41, 5.74) is 6.03. The minimum absolute atomic E-state index is 0.761. The zero-order valence-electron chi connectivity index (χ0n) is 10.6. The van der Waals surface area contributed by atoms with Gasteiger partial charge in [-0.15, -0.1) is 0 Å². The van der Waals surface area contributed by atoms with Gasteiger partial charge in [-0.05, 0) is 0 Å². The first-order valence-corrected chi connectivity index (χ1v) is 10.9. The predicted octanol–water partition coefficient (Wildman–Crippen LogP) is 4.61. The van der Waals surface area contributed by atoms with E-state index in [0.29, 0.717) is 0 Å². The molecule has 0 saturated heterocycles. The second-order valence-corrected chi connectivity index (χ2v) is 10.8. The molecule has 0 nitrogen and oxygen atoms in total. The molecule has 0 fully saturated rings. The number of rotatable bonds is 2. The molecule has 4 rings (SSSR count). The Bertz CT molecular complexity index is 622. The van der Waals surface area contributed by atoms with E-state index in [9.17, 15) is 0 Å². The molecule has 0 aromatic heterocycles. The summed E-state index contributed by atoms with van der Waals surface area (Å²) in [7, 11) is 0. The standard InChI is InChI=1S/2C9H7.Hf/c2*1-2-5-9-7-3-6-8(9)4-1;/h2*1-7H;. The Kier molecular flexibility index (Phi) is 2.88. The molecule has 0 spiro atoms. The molecule has 2 unspecified atom stereocenters. The Balaban J connectivity index is 1.62. The molecule has 0 amide bonds. The van der Waals surface area contributed by atoms with Crippen LogP contribution in [0.5, 0.6) is 0 Å². The average Bonchev–Trinajstić information content (AvgIpc) is 3.05. The van der Waals surface area contributed by atoms with Crippen molar-refractivity contribution in [3.63, 3.8) is 0 Å². The van der Waals surface area contributed by atoms with Gasteiger partial charge in [-0.1, -0.05) is 0 Å². The van der Waals surface area contributed by atoms with Gasteiger partial charge >= 0.3 is 125 Å². The van der Waals surface area contributed by atoms with Crippen molar-refractivity contribution >= 4 is 12.2 Å². The molecule has 2 aromatic rings. The summed E-state index contributed by atoms with van der Waals surface area (Å²) < 4.78 is 1.52. The molecule has 19 heavy (non-hydrogen) atoms. The third kappa shape index (κ3) is 2.01. The summed E-state index contributed by atoms with van der Waals surface area (Å²) in [6, 6.07) is 17.8. The molecule has 0 heterocycles. The summed E-state index contributed by atoms with van der Waals surface area (Å²) in [6.07, 6.45) is 9.53. The van der Waals surface area contributed by atoms with Gasteiger partial charge in [0.1, 0.15) is 0 Å². The van der Waals surface area contributed by atoms with Crippen LogP contribution in [0.1, 0.15) is 29.6 Å². The third-order valence-corrected chi connectivity index (χ3v) is 10.2. The van der Waals surface area contributed by atoms with Crippen LogP contribution in [-0.2, 0) is 22.9 Å². The van der Waals surface area contributed by atoms with Crippen molar-refractivity contribution in [2.24, 2.45) is 0 Å². The first-order valence-electron chi connectivity index (χ1n) is 6.72. The van der Waals surface area contributed by atoms with Gasteiger partial charge < -0.3 is 0 Å². The normalized spacial score (nSPS) is 22.3. The topological polar surface area (TPSA) is 0 Å². The number of hydrogen-bond donors (Lipinski definition) is 0. The summed E-state index contributed by atoms with van der Waals surface area (Å²) in [5, 5.41) is 0. The summed E-state index contributed by atoms with van der Waals surface area (Å²) in [5.74, 6) is 0. The van der Waals surface area contributed by atoms with E-state index in [1.165, 1.54) is 11.1 Å². The molecule has 0 saturated carbocycles. The SMILES string of the molecule is C1=C[CH]([Hf][CH]2C=Cc3ccccc32)c2ccccc21. The van der Waals surface area contributed by atoms with Gasteiger partial charge in [0.2, 0.25) is 0 Å². The second-order valence-electron chi connectivity index (χ2n) is 5.10. The van der Waals surface area contributed by atoms with Gasteiger partial charge in [-0.2, -0.15) is 0 Å². The van der Waals surface area contributed by atoms with Crippen LogP contribution >= 0.6 is 0 Å². The number of benzene rings is 2. The van der Waals surface area contributed by atoms with E-state index in [1.54, 1.807) is 11.1 Å². The molecule has 0 bridgehead atoms.